The van der Waals surface area contributed by atoms with Gasteiger partial charge in [0.2, 0.25) is 0 Å². The van der Waals surface area contributed by atoms with Crippen LogP contribution in [-0.2, 0) is 14.6 Å². The predicted octanol–water partition coefficient (Wildman–Crippen LogP) is 1.07. The molecule has 0 heterocycles. The maximum absolute atomic E-state index is 11.5. The quantitative estimate of drug-likeness (QED) is 0.590. The highest BCUT2D eigenvalue weighted by atomic mass is 32.2. The number of hydrogen-bond acceptors (Lipinski definition) is 4. The minimum atomic E-state index is -2.90. The summed E-state index contributed by atoms with van der Waals surface area (Å²) in [6.45, 7) is 8.71. The predicted molar refractivity (Wildman–Crippen MR) is 67.5 cm³/mol. The molecule has 0 radical (unpaired) electrons. The van der Waals surface area contributed by atoms with Crippen molar-refractivity contribution in [3.05, 3.63) is 0 Å². The van der Waals surface area contributed by atoms with Crippen molar-refractivity contribution < 1.29 is 13.2 Å². The third kappa shape index (κ3) is 10.4. The van der Waals surface area contributed by atoms with Crippen molar-refractivity contribution in [3.8, 4) is 0 Å². The van der Waals surface area contributed by atoms with Gasteiger partial charge in [0, 0.05) is 19.8 Å². The molecule has 4 nitrogen and oxygen atoms in total. The first-order valence-corrected chi connectivity index (χ1v) is 7.79. The fourth-order valence-corrected chi connectivity index (χ4v) is 2.46. The standard InChI is InChI=1S/C11H25NO3S/c1-4-15-7-5-8-16(13,14)9-6-12-10-11(2)3/h11-12H,4-10H2,1-3H3. The zero-order valence-electron chi connectivity index (χ0n) is 10.7. The van der Waals surface area contributed by atoms with E-state index in [9.17, 15) is 8.42 Å². The molecule has 16 heavy (non-hydrogen) atoms. The molecule has 0 aliphatic heterocycles. The molecule has 0 aromatic rings. The van der Waals surface area contributed by atoms with Gasteiger partial charge in [0.1, 0.15) is 0 Å². The zero-order chi connectivity index (χ0) is 12.4. The Hall–Kier alpha value is -0.130. The first kappa shape index (κ1) is 15.9. The average Bonchev–Trinajstić information content (AvgIpc) is 2.19. The van der Waals surface area contributed by atoms with Gasteiger partial charge in [-0.2, -0.15) is 0 Å². The van der Waals surface area contributed by atoms with Crippen molar-refractivity contribution in [3.63, 3.8) is 0 Å². The first-order chi connectivity index (χ1) is 7.48. The highest BCUT2D eigenvalue weighted by molar-refractivity contribution is 7.91. The van der Waals surface area contributed by atoms with E-state index in [0.717, 1.165) is 6.54 Å². The maximum atomic E-state index is 11.5. The van der Waals surface area contributed by atoms with Crippen molar-refractivity contribution >= 4 is 9.84 Å². The smallest absolute Gasteiger partial charge is 0.151 e. The Bertz CT molecular complexity index is 250. The van der Waals surface area contributed by atoms with Crippen LogP contribution in [0.4, 0.5) is 0 Å². The highest BCUT2D eigenvalue weighted by Crippen LogP contribution is 1.95. The summed E-state index contributed by atoms with van der Waals surface area (Å²) in [5.41, 5.74) is 0. The van der Waals surface area contributed by atoms with Crippen LogP contribution in [0.3, 0.4) is 0 Å². The van der Waals surface area contributed by atoms with E-state index in [1.165, 1.54) is 0 Å². The lowest BCUT2D eigenvalue weighted by Crippen LogP contribution is -2.27. The Labute approximate surface area is 99.7 Å². The summed E-state index contributed by atoms with van der Waals surface area (Å²) in [7, 11) is -2.90. The maximum Gasteiger partial charge on any atom is 0.151 e. The molecule has 5 heteroatoms. The molecule has 0 aromatic carbocycles. The van der Waals surface area contributed by atoms with Crippen molar-refractivity contribution in [2.24, 2.45) is 5.92 Å². The molecule has 0 amide bonds. The topological polar surface area (TPSA) is 55.4 Å². The Balaban J connectivity index is 3.55. The number of nitrogens with one attached hydrogen (secondary N) is 1. The van der Waals surface area contributed by atoms with E-state index in [1.54, 1.807) is 0 Å². The van der Waals surface area contributed by atoms with Crippen molar-refractivity contribution in [1.82, 2.24) is 5.32 Å². The summed E-state index contributed by atoms with van der Waals surface area (Å²) in [6.07, 6.45) is 0.598. The fourth-order valence-electron chi connectivity index (χ4n) is 1.25. The van der Waals surface area contributed by atoms with Crippen LogP contribution in [-0.4, -0.2) is 46.2 Å². The van der Waals surface area contributed by atoms with Crippen LogP contribution in [0.15, 0.2) is 0 Å². The van der Waals surface area contributed by atoms with Gasteiger partial charge in [0.25, 0.3) is 0 Å². The van der Waals surface area contributed by atoms with Gasteiger partial charge >= 0.3 is 0 Å². The van der Waals surface area contributed by atoms with Crippen molar-refractivity contribution in [2.75, 3.05) is 37.8 Å². The van der Waals surface area contributed by atoms with E-state index >= 15 is 0 Å². The van der Waals surface area contributed by atoms with Crippen LogP contribution >= 0.6 is 0 Å². The van der Waals surface area contributed by atoms with E-state index in [2.05, 4.69) is 19.2 Å². The van der Waals surface area contributed by atoms with Gasteiger partial charge < -0.3 is 10.1 Å². The molecule has 98 valence electrons. The summed E-state index contributed by atoms with van der Waals surface area (Å²) in [5.74, 6) is 1.02. The molecule has 0 saturated heterocycles. The van der Waals surface area contributed by atoms with Crippen LogP contribution < -0.4 is 5.32 Å². The van der Waals surface area contributed by atoms with E-state index in [4.69, 9.17) is 4.74 Å². The fraction of sp³-hybridized carbons (Fsp3) is 1.00. The number of sulfone groups is 1. The summed E-state index contributed by atoms with van der Waals surface area (Å²) < 4.78 is 28.2. The van der Waals surface area contributed by atoms with Gasteiger partial charge in [-0.05, 0) is 25.8 Å². The van der Waals surface area contributed by atoms with E-state index < -0.39 is 9.84 Å². The first-order valence-electron chi connectivity index (χ1n) is 5.97. The molecule has 0 bridgehead atoms. The van der Waals surface area contributed by atoms with Crippen LogP contribution in [0, 0.1) is 5.92 Å². The molecule has 0 fully saturated rings. The van der Waals surface area contributed by atoms with Crippen molar-refractivity contribution in [1.29, 1.82) is 0 Å². The van der Waals surface area contributed by atoms with Crippen LogP contribution in [0.5, 0.6) is 0 Å². The minimum Gasteiger partial charge on any atom is -0.382 e. The summed E-state index contributed by atoms with van der Waals surface area (Å²) in [4.78, 5) is 0. The lowest BCUT2D eigenvalue weighted by atomic mass is 10.2. The molecule has 0 aliphatic rings. The molecule has 0 unspecified atom stereocenters. The highest BCUT2D eigenvalue weighted by Gasteiger charge is 2.09. The third-order valence-electron chi connectivity index (χ3n) is 2.09. The second-order valence-electron chi connectivity index (χ2n) is 4.30. The number of ether oxygens (including phenoxy) is 1. The Kier molecular flexibility index (Phi) is 8.89. The van der Waals surface area contributed by atoms with Gasteiger partial charge in [-0.15, -0.1) is 0 Å². The van der Waals surface area contributed by atoms with E-state index in [1.807, 2.05) is 6.92 Å². The van der Waals surface area contributed by atoms with Gasteiger partial charge in [-0.3, -0.25) is 0 Å². The largest absolute Gasteiger partial charge is 0.382 e. The summed E-state index contributed by atoms with van der Waals surface area (Å²) >= 11 is 0. The molecule has 0 aliphatic carbocycles. The Morgan fingerprint density at radius 3 is 2.50 bits per heavy atom. The lowest BCUT2D eigenvalue weighted by Gasteiger charge is -2.08. The molecular formula is C11H25NO3S. The minimum absolute atomic E-state index is 0.228. The molecule has 0 spiro atoms. The summed E-state index contributed by atoms with van der Waals surface area (Å²) in [6, 6.07) is 0. The Morgan fingerprint density at radius 1 is 1.25 bits per heavy atom. The van der Waals surface area contributed by atoms with E-state index in [0.29, 0.717) is 32.1 Å². The second kappa shape index (κ2) is 8.96. The molecule has 0 aromatic heterocycles. The second-order valence-corrected chi connectivity index (χ2v) is 6.60. The van der Waals surface area contributed by atoms with Gasteiger partial charge in [-0.1, -0.05) is 13.8 Å². The Morgan fingerprint density at radius 2 is 1.94 bits per heavy atom. The number of hydrogen-bond donors (Lipinski definition) is 1. The normalized spacial score (nSPS) is 12.2. The molecule has 0 saturated carbocycles. The average molecular weight is 251 g/mol. The van der Waals surface area contributed by atoms with Crippen LogP contribution in [0.1, 0.15) is 27.2 Å². The molecule has 1 N–H and O–H groups in total. The SMILES string of the molecule is CCOCCCS(=O)(=O)CCNCC(C)C. The van der Waals surface area contributed by atoms with E-state index in [-0.39, 0.29) is 11.5 Å². The molecule has 0 atom stereocenters. The lowest BCUT2D eigenvalue weighted by molar-refractivity contribution is 0.148. The van der Waals surface area contributed by atoms with Crippen LogP contribution in [0.25, 0.3) is 0 Å². The third-order valence-corrected chi connectivity index (χ3v) is 3.83. The zero-order valence-corrected chi connectivity index (χ0v) is 11.5. The number of rotatable bonds is 10. The van der Waals surface area contributed by atoms with Crippen molar-refractivity contribution in [2.45, 2.75) is 27.2 Å². The monoisotopic (exact) mass is 251 g/mol. The van der Waals surface area contributed by atoms with Crippen LogP contribution in [0.2, 0.25) is 0 Å². The molecular weight excluding hydrogens is 226 g/mol. The molecule has 0 rings (SSSR count). The van der Waals surface area contributed by atoms with Gasteiger partial charge in [0.05, 0.1) is 11.5 Å². The van der Waals surface area contributed by atoms with Gasteiger partial charge in [-0.25, -0.2) is 8.42 Å². The summed E-state index contributed by atoms with van der Waals surface area (Å²) in [5, 5.41) is 3.13. The van der Waals surface area contributed by atoms with Gasteiger partial charge in [0.15, 0.2) is 9.84 Å².